The van der Waals surface area contributed by atoms with Crippen LogP contribution >= 0.6 is 11.3 Å². The van der Waals surface area contributed by atoms with Crippen molar-refractivity contribution >= 4 is 28.4 Å². The molecule has 3 unspecified atom stereocenters. The third kappa shape index (κ3) is 4.73. The lowest BCUT2D eigenvalue weighted by atomic mass is 9.68. The van der Waals surface area contributed by atoms with Gasteiger partial charge in [-0.3, -0.25) is 0 Å². The van der Waals surface area contributed by atoms with E-state index in [2.05, 4.69) is 10.6 Å². The number of carbonyl (C=O) groups is 2. The van der Waals surface area contributed by atoms with Crippen LogP contribution in [-0.4, -0.2) is 41.7 Å². The zero-order chi connectivity index (χ0) is 25.7. The number of thiazole rings is 1. The topological polar surface area (TPSA) is 89.5 Å². The highest BCUT2D eigenvalue weighted by Gasteiger charge is 2.58. The Kier molecular flexibility index (Phi) is 7.74. The lowest BCUT2D eigenvalue weighted by molar-refractivity contribution is -0.151. The van der Waals surface area contributed by atoms with Crippen molar-refractivity contribution < 1.29 is 19.1 Å². The van der Waals surface area contributed by atoms with Crippen molar-refractivity contribution in [2.45, 2.75) is 45.2 Å². The van der Waals surface area contributed by atoms with Gasteiger partial charge in [0.15, 0.2) is 10.7 Å². The quantitative estimate of drug-likeness (QED) is 0.410. The van der Waals surface area contributed by atoms with Gasteiger partial charge in [-0.1, -0.05) is 60.7 Å². The Balaban J connectivity index is 1.89. The molecular weight excluding hydrogens is 474 g/mol. The zero-order valence-electron chi connectivity index (χ0n) is 20.9. The van der Waals surface area contributed by atoms with Gasteiger partial charge in [0, 0.05) is 16.6 Å². The van der Waals surface area contributed by atoms with E-state index in [-0.39, 0.29) is 13.2 Å². The summed E-state index contributed by atoms with van der Waals surface area (Å²) in [5.41, 5.74) is 2.26. The van der Waals surface area contributed by atoms with Crippen LogP contribution in [0.25, 0.3) is 11.3 Å². The monoisotopic (exact) mass is 505 g/mol. The van der Waals surface area contributed by atoms with Gasteiger partial charge in [-0.2, -0.15) is 0 Å². The predicted octanol–water partition coefficient (Wildman–Crippen LogP) is 5.14. The smallest absolute Gasteiger partial charge is 0.336 e. The van der Waals surface area contributed by atoms with E-state index < -0.39 is 29.4 Å². The molecule has 0 bridgehead atoms. The lowest BCUT2D eigenvalue weighted by Crippen LogP contribution is -2.66. The molecule has 2 N–H and O–H groups in total. The molecule has 0 aliphatic carbocycles. The fourth-order valence-corrected chi connectivity index (χ4v) is 5.58. The summed E-state index contributed by atoms with van der Waals surface area (Å²) in [6, 6.07) is 18.9. The van der Waals surface area contributed by atoms with Gasteiger partial charge >= 0.3 is 11.9 Å². The SMILES string of the molecule is CCOC(=O)C1=C(C)NC(C)C(Nc2nc(-c3ccccc3)cs2)(C(=O)OCC)C1c1ccccc1. The number of nitrogens with zero attached hydrogens (tertiary/aromatic N) is 1. The molecule has 2 heterocycles. The largest absolute Gasteiger partial charge is 0.464 e. The van der Waals surface area contributed by atoms with Crippen LogP contribution in [0, 0.1) is 0 Å². The molecule has 0 saturated heterocycles. The number of hydrogen-bond donors (Lipinski definition) is 2. The molecule has 4 rings (SSSR count). The van der Waals surface area contributed by atoms with Crippen LogP contribution in [0.2, 0.25) is 0 Å². The van der Waals surface area contributed by atoms with Gasteiger partial charge < -0.3 is 20.1 Å². The van der Waals surface area contributed by atoms with Gasteiger partial charge in [0.25, 0.3) is 0 Å². The minimum Gasteiger partial charge on any atom is -0.464 e. The van der Waals surface area contributed by atoms with E-state index in [9.17, 15) is 9.59 Å². The van der Waals surface area contributed by atoms with Gasteiger partial charge in [0.1, 0.15) is 0 Å². The molecule has 1 aromatic heterocycles. The summed E-state index contributed by atoms with van der Waals surface area (Å²) < 4.78 is 11.1. The van der Waals surface area contributed by atoms with Gasteiger partial charge in [-0.05, 0) is 33.3 Å². The van der Waals surface area contributed by atoms with Crippen LogP contribution < -0.4 is 10.6 Å². The van der Waals surface area contributed by atoms with Gasteiger partial charge in [-0.15, -0.1) is 11.3 Å². The Morgan fingerprint density at radius 1 is 1.03 bits per heavy atom. The van der Waals surface area contributed by atoms with E-state index in [1.807, 2.05) is 79.9 Å². The highest BCUT2D eigenvalue weighted by Crippen LogP contribution is 2.45. The summed E-state index contributed by atoms with van der Waals surface area (Å²) in [5.74, 6) is -1.62. The third-order valence-electron chi connectivity index (χ3n) is 6.39. The number of esters is 2. The number of nitrogens with one attached hydrogen (secondary N) is 2. The number of allylic oxidation sites excluding steroid dienone is 1. The Morgan fingerprint density at radius 3 is 2.31 bits per heavy atom. The Hall–Kier alpha value is -3.65. The first kappa shape index (κ1) is 25.4. The number of benzene rings is 2. The lowest BCUT2D eigenvalue weighted by Gasteiger charge is -2.48. The maximum absolute atomic E-state index is 13.9. The molecule has 0 fully saturated rings. The Bertz CT molecular complexity index is 1240. The van der Waals surface area contributed by atoms with E-state index >= 15 is 0 Å². The third-order valence-corrected chi connectivity index (χ3v) is 7.15. The predicted molar refractivity (Wildman–Crippen MR) is 142 cm³/mol. The molecule has 3 atom stereocenters. The van der Waals surface area contributed by atoms with Crippen LogP contribution in [-0.2, 0) is 19.1 Å². The van der Waals surface area contributed by atoms with Crippen molar-refractivity contribution in [1.29, 1.82) is 0 Å². The fraction of sp³-hybridized carbons (Fsp3) is 0.321. The summed E-state index contributed by atoms with van der Waals surface area (Å²) in [6.07, 6.45) is 0. The normalized spacial score (nSPS) is 21.4. The van der Waals surface area contributed by atoms with Gasteiger partial charge in [0.2, 0.25) is 0 Å². The average molecular weight is 506 g/mol. The van der Waals surface area contributed by atoms with Crippen molar-refractivity contribution in [1.82, 2.24) is 10.3 Å². The number of aromatic nitrogens is 1. The second-order valence-electron chi connectivity index (χ2n) is 8.59. The summed E-state index contributed by atoms with van der Waals surface area (Å²) in [7, 11) is 0. The van der Waals surface area contributed by atoms with Crippen molar-refractivity contribution in [3.05, 3.63) is 82.9 Å². The van der Waals surface area contributed by atoms with Crippen LogP contribution in [0.4, 0.5) is 5.13 Å². The summed E-state index contributed by atoms with van der Waals surface area (Å²) in [4.78, 5) is 32.0. The summed E-state index contributed by atoms with van der Waals surface area (Å²) in [6.45, 7) is 7.71. The summed E-state index contributed by atoms with van der Waals surface area (Å²) in [5, 5.41) is 9.29. The number of carbonyl (C=O) groups excluding carboxylic acids is 2. The van der Waals surface area contributed by atoms with Crippen LogP contribution in [0.1, 0.15) is 39.2 Å². The van der Waals surface area contributed by atoms with E-state index in [0.717, 1.165) is 16.8 Å². The first-order chi connectivity index (χ1) is 17.4. The van der Waals surface area contributed by atoms with E-state index in [0.29, 0.717) is 16.4 Å². The minimum absolute atomic E-state index is 0.195. The second-order valence-corrected chi connectivity index (χ2v) is 9.45. The van der Waals surface area contributed by atoms with Crippen molar-refractivity contribution in [2.75, 3.05) is 18.5 Å². The Morgan fingerprint density at radius 2 is 1.67 bits per heavy atom. The van der Waals surface area contributed by atoms with Crippen molar-refractivity contribution in [3.8, 4) is 11.3 Å². The number of anilines is 1. The molecule has 0 spiro atoms. The fourth-order valence-electron chi connectivity index (χ4n) is 4.79. The van der Waals surface area contributed by atoms with E-state index in [1.54, 1.807) is 13.8 Å². The van der Waals surface area contributed by atoms with E-state index in [1.165, 1.54) is 11.3 Å². The van der Waals surface area contributed by atoms with Gasteiger partial charge in [0.05, 0.1) is 36.4 Å². The molecule has 1 aliphatic heterocycles. The number of hydrogen-bond acceptors (Lipinski definition) is 8. The maximum Gasteiger partial charge on any atom is 0.336 e. The Labute approximate surface area is 215 Å². The molecule has 0 amide bonds. The first-order valence-corrected chi connectivity index (χ1v) is 13.0. The molecule has 0 saturated carbocycles. The molecular formula is C28H31N3O4S. The molecule has 7 nitrogen and oxygen atoms in total. The molecule has 188 valence electrons. The molecule has 2 aromatic carbocycles. The maximum atomic E-state index is 13.9. The molecule has 8 heteroatoms. The number of ether oxygens (including phenoxy) is 2. The average Bonchev–Trinajstić information content (AvgIpc) is 3.35. The zero-order valence-corrected chi connectivity index (χ0v) is 21.7. The van der Waals surface area contributed by atoms with Crippen molar-refractivity contribution in [3.63, 3.8) is 0 Å². The van der Waals surface area contributed by atoms with Crippen LogP contribution in [0.15, 0.2) is 77.3 Å². The standard InChI is InChI=1S/C28H31N3O4S/c1-5-34-25(32)23-18(3)29-19(4)28(26(33)35-6-2,24(23)21-15-11-8-12-16-21)31-27-30-22(17-36-27)20-13-9-7-10-14-20/h7-17,19,24,29H,5-6H2,1-4H3,(H,30,31). The number of rotatable bonds is 8. The van der Waals surface area contributed by atoms with Crippen LogP contribution in [0.3, 0.4) is 0 Å². The van der Waals surface area contributed by atoms with Gasteiger partial charge in [-0.25, -0.2) is 14.6 Å². The first-order valence-electron chi connectivity index (χ1n) is 12.1. The highest BCUT2D eigenvalue weighted by molar-refractivity contribution is 7.14. The molecule has 1 aliphatic rings. The highest BCUT2D eigenvalue weighted by atomic mass is 32.1. The second kappa shape index (κ2) is 11.0. The summed E-state index contributed by atoms with van der Waals surface area (Å²) >= 11 is 1.40. The minimum atomic E-state index is -1.37. The molecule has 0 radical (unpaired) electrons. The molecule has 3 aromatic rings. The van der Waals surface area contributed by atoms with Crippen LogP contribution in [0.5, 0.6) is 0 Å². The van der Waals surface area contributed by atoms with Crippen molar-refractivity contribution in [2.24, 2.45) is 0 Å². The van der Waals surface area contributed by atoms with E-state index in [4.69, 9.17) is 14.5 Å². The molecule has 36 heavy (non-hydrogen) atoms.